The van der Waals surface area contributed by atoms with Gasteiger partial charge in [0.15, 0.2) is 0 Å². The van der Waals surface area contributed by atoms with E-state index >= 15 is 0 Å². The van der Waals surface area contributed by atoms with Gasteiger partial charge in [-0.25, -0.2) is 0 Å². The highest BCUT2D eigenvalue weighted by atomic mass is 35.5. The monoisotopic (exact) mass is 328 g/mol. The summed E-state index contributed by atoms with van der Waals surface area (Å²) in [5.74, 6) is 1.68. The maximum absolute atomic E-state index is 12.5. The summed E-state index contributed by atoms with van der Waals surface area (Å²) in [4.78, 5) is 12.5. The second-order valence-corrected chi connectivity index (χ2v) is 7.12. The minimum absolute atomic E-state index is 0. The standard InChI is InChI=1S/C18H32N2O.ClH/c1-14(2)17(12-15-6-4-3-5-7-15)18(21)20-13-16-8-10-19-11-9-16;/h8,14-15,17,19H,3-7,9-13H2,1-2H3,(H,20,21);1H. The fourth-order valence-corrected chi connectivity index (χ4v) is 3.63. The summed E-state index contributed by atoms with van der Waals surface area (Å²) in [6, 6.07) is 0. The van der Waals surface area contributed by atoms with E-state index in [0.717, 1.165) is 38.4 Å². The summed E-state index contributed by atoms with van der Waals surface area (Å²) in [7, 11) is 0. The van der Waals surface area contributed by atoms with Crippen molar-refractivity contribution in [2.45, 2.75) is 58.8 Å². The Morgan fingerprint density at radius 3 is 2.64 bits per heavy atom. The Balaban J connectivity index is 0.00000242. The van der Waals surface area contributed by atoms with Crippen molar-refractivity contribution in [2.24, 2.45) is 17.8 Å². The van der Waals surface area contributed by atoms with Gasteiger partial charge in [0.05, 0.1) is 0 Å². The molecule has 1 amide bonds. The van der Waals surface area contributed by atoms with Gasteiger partial charge in [0.25, 0.3) is 0 Å². The summed E-state index contributed by atoms with van der Waals surface area (Å²) in [5.41, 5.74) is 1.38. The molecule has 0 aromatic carbocycles. The second kappa shape index (κ2) is 10.3. The van der Waals surface area contributed by atoms with E-state index in [1.807, 2.05) is 0 Å². The topological polar surface area (TPSA) is 41.1 Å². The average Bonchev–Trinajstić information content (AvgIpc) is 2.52. The van der Waals surface area contributed by atoms with Crippen LogP contribution in [0.3, 0.4) is 0 Å². The Morgan fingerprint density at radius 1 is 1.32 bits per heavy atom. The zero-order chi connectivity index (χ0) is 15.1. The molecule has 0 spiro atoms. The first-order chi connectivity index (χ1) is 10.2. The van der Waals surface area contributed by atoms with Gasteiger partial charge >= 0.3 is 0 Å². The molecule has 0 bridgehead atoms. The van der Waals surface area contributed by atoms with Crippen LogP contribution >= 0.6 is 12.4 Å². The fraction of sp³-hybridized carbons (Fsp3) is 0.833. The number of hydrogen-bond donors (Lipinski definition) is 2. The van der Waals surface area contributed by atoms with Crippen molar-refractivity contribution in [1.82, 2.24) is 10.6 Å². The Hall–Kier alpha value is -0.540. The molecule has 0 aromatic rings. The van der Waals surface area contributed by atoms with Crippen LogP contribution in [0.15, 0.2) is 11.6 Å². The Bertz CT molecular complexity index is 362. The van der Waals surface area contributed by atoms with E-state index in [2.05, 4.69) is 30.6 Å². The van der Waals surface area contributed by atoms with Gasteiger partial charge in [-0.15, -0.1) is 12.4 Å². The molecule has 128 valence electrons. The molecule has 1 heterocycles. The van der Waals surface area contributed by atoms with Crippen LogP contribution in [0, 0.1) is 17.8 Å². The summed E-state index contributed by atoms with van der Waals surface area (Å²) in [5, 5.41) is 6.50. The molecule has 2 rings (SSSR count). The molecule has 22 heavy (non-hydrogen) atoms. The third-order valence-corrected chi connectivity index (χ3v) is 5.10. The van der Waals surface area contributed by atoms with Crippen molar-refractivity contribution in [3.05, 3.63) is 11.6 Å². The van der Waals surface area contributed by atoms with Crippen LogP contribution < -0.4 is 10.6 Å². The number of carbonyl (C=O) groups is 1. The van der Waals surface area contributed by atoms with Crippen molar-refractivity contribution in [1.29, 1.82) is 0 Å². The maximum atomic E-state index is 12.5. The lowest BCUT2D eigenvalue weighted by Crippen LogP contribution is -2.37. The van der Waals surface area contributed by atoms with Crippen LogP contribution in [0.5, 0.6) is 0 Å². The molecule has 0 radical (unpaired) electrons. The van der Waals surface area contributed by atoms with Crippen LogP contribution in [0.1, 0.15) is 58.8 Å². The summed E-state index contributed by atoms with van der Waals surface area (Å²) in [6.45, 7) is 7.11. The van der Waals surface area contributed by atoms with Gasteiger partial charge < -0.3 is 10.6 Å². The molecule has 1 saturated carbocycles. The van der Waals surface area contributed by atoms with Gasteiger partial charge in [0, 0.05) is 19.0 Å². The SMILES string of the molecule is CC(C)C(CC1CCCCC1)C(=O)NCC1=CCNCC1.Cl. The molecule has 4 heteroatoms. The summed E-state index contributed by atoms with van der Waals surface area (Å²) >= 11 is 0. The van der Waals surface area contributed by atoms with Crippen molar-refractivity contribution in [2.75, 3.05) is 19.6 Å². The van der Waals surface area contributed by atoms with E-state index in [9.17, 15) is 4.79 Å². The molecule has 1 fully saturated rings. The fourth-order valence-electron chi connectivity index (χ4n) is 3.63. The summed E-state index contributed by atoms with van der Waals surface area (Å²) in [6.07, 6.45) is 11.1. The van der Waals surface area contributed by atoms with Crippen molar-refractivity contribution in [3.63, 3.8) is 0 Å². The van der Waals surface area contributed by atoms with Gasteiger partial charge in [-0.2, -0.15) is 0 Å². The predicted octanol–water partition coefficient (Wildman–Crippen LogP) is 3.69. The Kier molecular flexibility index (Phi) is 9.11. The number of nitrogens with one attached hydrogen (secondary N) is 2. The lowest BCUT2D eigenvalue weighted by atomic mass is 9.79. The third-order valence-electron chi connectivity index (χ3n) is 5.10. The third kappa shape index (κ3) is 6.29. The van der Waals surface area contributed by atoms with Crippen LogP contribution in [0.4, 0.5) is 0 Å². The Morgan fingerprint density at radius 2 is 2.05 bits per heavy atom. The number of amides is 1. The number of rotatable bonds is 6. The summed E-state index contributed by atoms with van der Waals surface area (Å²) < 4.78 is 0. The minimum atomic E-state index is 0. The minimum Gasteiger partial charge on any atom is -0.352 e. The highest BCUT2D eigenvalue weighted by Crippen LogP contribution is 2.31. The zero-order valence-electron chi connectivity index (χ0n) is 14.2. The molecule has 1 aliphatic carbocycles. The van der Waals surface area contributed by atoms with Gasteiger partial charge in [-0.05, 0) is 31.2 Å². The molecular formula is C18H33ClN2O. The average molecular weight is 329 g/mol. The number of carbonyl (C=O) groups excluding carboxylic acids is 1. The van der Waals surface area contributed by atoms with E-state index in [4.69, 9.17) is 0 Å². The first-order valence-corrected chi connectivity index (χ1v) is 8.83. The molecule has 1 aliphatic heterocycles. The van der Waals surface area contributed by atoms with E-state index in [1.54, 1.807) is 0 Å². The predicted molar refractivity (Wildman–Crippen MR) is 95.3 cm³/mol. The van der Waals surface area contributed by atoms with Gasteiger partial charge in [0.1, 0.15) is 0 Å². The quantitative estimate of drug-likeness (QED) is 0.730. The Labute approximate surface area is 142 Å². The highest BCUT2D eigenvalue weighted by molar-refractivity contribution is 5.85. The van der Waals surface area contributed by atoms with E-state index in [1.165, 1.54) is 37.7 Å². The first-order valence-electron chi connectivity index (χ1n) is 8.83. The number of hydrogen-bond acceptors (Lipinski definition) is 2. The van der Waals surface area contributed by atoms with Crippen LogP contribution in [-0.2, 0) is 4.79 Å². The molecule has 2 N–H and O–H groups in total. The molecular weight excluding hydrogens is 296 g/mol. The van der Waals surface area contributed by atoms with Crippen molar-refractivity contribution >= 4 is 18.3 Å². The molecule has 0 saturated heterocycles. The lowest BCUT2D eigenvalue weighted by Gasteiger charge is -2.28. The van der Waals surface area contributed by atoms with Crippen molar-refractivity contribution in [3.8, 4) is 0 Å². The highest BCUT2D eigenvalue weighted by Gasteiger charge is 2.26. The molecule has 3 nitrogen and oxygen atoms in total. The normalized spacial score (nSPS) is 21.0. The lowest BCUT2D eigenvalue weighted by molar-refractivity contribution is -0.126. The maximum Gasteiger partial charge on any atom is 0.223 e. The van der Waals surface area contributed by atoms with E-state index in [0.29, 0.717) is 5.92 Å². The zero-order valence-corrected chi connectivity index (χ0v) is 15.0. The molecule has 1 unspecified atom stereocenters. The van der Waals surface area contributed by atoms with Gasteiger partial charge in [-0.1, -0.05) is 57.6 Å². The first kappa shape index (κ1) is 19.5. The van der Waals surface area contributed by atoms with Gasteiger partial charge in [-0.3, -0.25) is 4.79 Å². The van der Waals surface area contributed by atoms with E-state index < -0.39 is 0 Å². The molecule has 0 aromatic heterocycles. The van der Waals surface area contributed by atoms with Crippen LogP contribution in [0.2, 0.25) is 0 Å². The van der Waals surface area contributed by atoms with E-state index in [-0.39, 0.29) is 24.2 Å². The van der Waals surface area contributed by atoms with Gasteiger partial charge in [0.2, 0.25) is 5.91 Å². The van der Waals surface area contributed by atoms with Crippen molar-refractivity contribution < 1.29 is 4.79 Å². The molecule has 1 atom stereocenters. The number of halogens is 1. The largest absolute Gasteiger partial charge is 0.352 e. The van der Waals surface area contributed by atoms with Crippen LogP contribution in [-0.4, -0.2) is 25.5 Å². The second-order valence-electron chi connectivity index (χ2n) is 7.12. The van der Waals surface area contributed by atoms with Crippen LogP contribution in [0.25, 0.3) is 0 Å². The molecule has 2 aliphatic rings. The smallest absolute Gasteiger partial charge is 0.223 e.